The van der Waals surface area contributed by atoms with E-state index in [0.29, 0.717) is 36.0 Å². The number of methoxy groups -OCH3 is 1. The van der Waals surface area contributed by atoms with Gasteiger partial charge in [0.25, 0.3) is 0 Å². The summed E-state index contributed by atoms with van der Waals surface area (Å²) in [4.78, 5) is 25.9. The van der Waals surface area contributed by atoms with Crippen molar-refractivity contribution in [2.45, 2.75) is 50.3 Å². The molecule has 0 fully saturated rings. The molecule has 0 amide bonds. The number of pyridine rings is 2. The van der Waals surface area contributed by atoms with Gasteiger partial charge in [0.1, 0.15) is 17.9 Å². The molecule has 0 aliphatic carbocycles. The highest BCUT2D eigenvalue weighted by Crippen LogP contribution is 2.36. The van der Waals surface area contributed by atoms with Crippen LogP contribution in [0.2, 0.25) is 0 Å². The smallest absolute Gasteiger partial charge is 0.197 e. The van der Waals surface area contributed by atoms with Crippen molar-refractivity contribution in [1.29, 1.82) is 0 Å². The number of rotatable bonds is 9. The summed E-state index contributed by atoms with van der Waals surface area (Å²) >= 11 is 1.57. The van der Waals surface area contributed by atoms with Gasteiger partial charge >= 0.3 is 0 Å². The van der Waals surface area contributed by atoms with Crippen molar-refractivity contribution in [3.63, 3.8) is 0 Å². The van der Waals surface area contributed by atoms with Crippen LogP contribution in [0.1, 0.15) is 40.5 Å². The van der Waals surface area contributed by atoms with E-state index in [1.165, 1.54) is 0 Å². The van der Waals surface area contributed by atoms with Crippen molar-refractivity contribution >= 4 is 29.7 Å². The lowest BCUT2D eigenvalue weighted by molar-refractivity contribution is -0.107. The Kier molecular flexibility index (Phi) is 15.9. The van der Waals surface area contributed by atoms with E-state index in [9.17, 15) is 4.79 Å². The Morgan fingerprint density at radius 1 is 1.08 bits per heavy atom. The molecule has 1 aromatic carbocycles. The summed E-state index contributed by atoms with van der Waals surface area (Å²) in [6.45, 7) is 7.78. The molecule has 0 spiro atoms. The minimum Gasteiger partial charge on any atom is -0.453 e. The highest BCUT2D eigenvalue weighted by molar-refractivity contribution is 7.99. The van der Waals surface area contributed by atoms with Crippen molar-refractivity contribution in [2.24, 2.45) is 4.99 Å². The normalized spacial score (nSPS) is 10.8. The van der Waals surface area contributed by atoms with Gasteiger partial charge in [-0.05, 0) is 44.5 Å². The van der Waals surface area contributed by atoms with Gasteiger partial charge in [0, 0.05) is 60.8 Å². The number of hydrogen-bond donors (Lipinski definition) is 1. The predicted octanol–water partition coefficient (Wildman–Crippen LogP) is 7.23. The number of benzene rings is 1. The van der Waals surface area contributed by atoms with E-state index in [1.54, 1.807) is 44.6 Å². The first-order valence-electron chi connectivity index (χ1n) is 11.7. The second-order valence-corrected chi connectivity index (χ2v) is 8.09. The van der Waals surface area contributed by atoms with Crippen LogP contribution < -0.4 is 10.1 Å². The number of nitrogens with zero attached hydrogens (tertiary/aromatic N) is 3. The SMILES string of the molecule is C/C=C(/CCC=O)N/C(C)=N/c1ncc(Sc2ccncc2)cc1Oc1ccccc1.CC.COC. The maximum absolute atomic E-state index is 10.7. The van der Waals surface area contributed by atoms with E-state index in [1.807, 2.05) is 82.3 Å². The average molecular weight is 509 g/mol. The van der Waals surface area contributed by atoms with Gasteiger partial charge in [-0.3, -0.25) is 4.98 Å². The van der Waals surface area contributed by atoms with Gasteiger partial charge in [-0.2, -0.15) is 0 Å². The third-order valence-corrected chi connectivity index (χ3v) is 5.13. The van der Waals surface area contributed by atoms with Gasteiger partial charge in [-0.25, -0.2) is 9.98 Å². The molecule has 0 saturated carbocycles. The summed E-state index contributed by atoms with van der Waals surface area (Å²) in [7, 11) is 3.25. The van der Waals surface area contributed by atoms with Crippen molar-refractivity contribution in [2.75, 3.05) is 14.2 Å². The predicted molar refractivity (Wildman–Crippen MR) is 148 cm³/mol. The fraction of sp³-hybridized carbons (Fsp3) is 0.286. The Bertz CT molecular complexity index is 1070. The van der Waals surface area contributed by atoms with Gasteiger partial charge in [0.2, 0.25) is 0 Å². The summed E-state index contributed by atoms with van der Waals surface area (Å²) < 4.78 is 10.4. The van der Waals surface area contributed by atoms with Crippen LogP contribution in [0.4, 0.5) is 5.82 Å². The molecule has 2 heterocycles. The Balaban J connectivity index is 0.00000120. The zero-order valence-electron chi connectivity index (χ0n) is 21.9. The third-order valence-electron chi connectivity index (χ3n) is 4.16. The lowest BCUT2D eigenvalue weighted by Crippen LogP contribution is -2.19. The number of aldehydes is 1. The summed E-state index contributed by atoms with van der Waals surface area (Å²) in [5, 5.41) is 3.24. The average Bonchev–Trinajstić information content (AvgIpc) is 2.91. The van der Waals surface area contributed by atoms with Crippen molar-refractivity contribution in [1.82, 2.24) is 15.3 Å². The minimum absolute atomic E-state index is 0.460. The van der Waals surface area contributed by atoms with Gasteiger partial charge in [-0.15, -0.1) is 0 Å². The van der Waals surface area contributed by atoms with Gasteiger partial charge in [-0.1, -0.05) is 49.9 Å². The number of ether oxygens (including phenoxy) is 2. The number of carbonyl (C=O) groups excluding carboxylic acids is 1. The first-order valence-corrected chi connectivity index (χ1v) is 12.5. The zero-order valence-corrected chi connectivity index (χ0v) is 22.7. The molecule has 192 valence electrons. The number of para-hydroxylation sites is 1. The summed E-state index contributed by atoms with van der Waals surface area (Å²) in [5.74, 6) is 2.40. The molecule has 0 bridgehead atoms. The maximum Gasteiger partial charge on any atom is 0.197 e. The molecule has 3 rings (SSSR count). The first-order chi connectivity index (χ1) is 17.6. The molecule has 0 atom stereocenters. The molecule has 7 nitrogen and oxygen atoms in total. The number of amidine groups is 1. The second kappa shape index (κ2) is 18.8. The largest absolute Gasteiger partial charge is 0.453 e. The van der Waals surface area contributed by atoms with Crippen LogP contribution >= 0.6 is 11.8 Å². The zero-order chi connectivity index (χ0) is 26.6. The fourth-order valence-electron chi connectivity index (χ4n) is 2.70. The molecule has 0 saturated heterocycles. The molecular formula is C28H36N4O3S. The molecule has 2 aromatic heterocycles. The molecular weight excluding hydrogens is 472 g/mol. The van der Waals surface area contributed by atoms with E-state index in [0.717, 1.165) is 21.8 Å². The van der Waals surface area contributed by atoms with Gasteiger partial charge in [0.05, 0.1) is 0 Å². The second-order valence-electron chi connectivity index (χ2n) is 6.94. The molecule has 36 heavy (non-hydrogen) atoms. The van der Waals surface area contributed by atoms with Crippen LogP contribution in [0.25, 0.3) is 0 Å². The molecule has 8 heteroatoms. The number of aliphatic imine (C=N–C) groups is 1. The Morgan fingerprint density at radius 3 is 2.36 bits per heavy atom. The summed E-state index contributed by atoms with van der Waals surface area (Å²) in [6, 6.07) is 15.4. The van der Waals surface area contributed by atoms with Gasteiger partial charge < -0.3 is 19.6 Å². The van der Waals surface area contributed by atoms with Crippen LogP contribution in [0, 0.1) is 0 Å². The highest BCUT2D eigenvalue weighted by atomic mass is 32.2. The van der Waals surface area contributed by atoms with Crippen molar-refractivity contribution in [3.05, 3.63) is 78.9 Å². The Morgan fingerprint density at radius 2 is 1.75 bits per heavy atom. The lowest BCUT2D eigenvalue weighted by Gasteiger charge is -2.12. The number of carbonyl (C=O) groups is 1. The van der Waals surface area contributed by atoms with Crippen LogP contribution in [0.5, 0.6) is 11.5 Å². The van der Waals surface area contributed by atoms with E-state index < -0.39 is 0 Å². The Hall–Kier alpha value is -3.49. The lowest BCUT2D eigenvalue weighted by atomic mass is 10.2. The molecule has 3 aromatic rings. The van der Waals surface area contributed by atoms with Crippen molar-refractivity contribution < 1.29 is 14.3 Å². The van der Waals surface area contributed by atoms with Crippen LogP contribution in [-0.4, -0.2) is 36.3 Å². The topological polar surface area (TPSA) is 85.7 Å². The number of allylic oxidation sites excluding steroid dienone is 2. The molecule has 0 radical (unpaired) electrons. The third kappa shape index (κ3) is 11.8. The molecule has 0 aliphatic rings. The minimum atomic E-state index is 0.460. The standard InChI is InChI=1S/C24H24N4O2S.C2H6O.C2H6/c1-3-19(8-7-15-29)27-18(2)28-24-23(30-20-9-5-4-6-10-20)16-22(17-26-24)31-21-11-13-25-14-12-21;1-3-2;1-2/h3-6,9-17H,7-8H2,1-2H3,(H,26,27,28);1-2H3;1-2H3/b19-3-;;. The van der Waals surface area contributed by atoms with E-state index >= 15 is 0 Å². The van der Waals surface area contributed by atoms with E-state index in [4.69, 9.17) is 4.74 Å². The molecule has 0 unspecified atom stereocenters. The fourth-order valence-corrected chi connectivity index (χ4v) is 3.51. The summed E-state index contributed by atoms with van der Waals surface area (Å²) in [6.07, 6.45) is 9.23. The molecule has 0 aliphatic heterocycles. The van der Waals surface area contributed by atoms with Crippen LogP contribution in [0.3, 0.4) is 0 Å². The van der Waals surface area contributed by atoms with E-state index in [-0.39, 0.29) is 0 Å². The quantitative estimate of drug-likeness (QED) is 0.185. The molecule has 1 N–H and O–H groups in total. The van der Waals surface area contributed by atoms with Crippen LogP contribution in [0.15, 0.2) is 93.7 Å². The maximum atomic E-state index is 10.7. The van der Waals surface area contributed by atoms with Crippen molar-refractivity contribution in [3.8, 4) is 11.5 Å². The number of nitrogens with one attached hydrogen (secondary N) is 1. The van der Waals surface area contributed by atoms with Gasteiger partial charge in [0.15, 0.2) is 11.6 Å². The monoisotopic (exact) mass is 508 g/mol. The number of aromatic nitrogens is 2. The Labute approximate surface area is 219 Å². The van der Waals surface area contributed by atoms with Crippen LogP contribution in [-0.2, 0) is 9.53 Å². The summed E-state index contributed by atoms with van der Waals surface area (Å²) in [5.41, 5.74) is 0.934. The highest BCUT2D eigenvalue weighted by Gasteiger charge is 2.10. The first kappa shape index (κ1) is 30.5. The van der Waals surface area contributed by atoms with E-state index in [2.05, 4.69) is 25.0 Å². The number of hydrogen-bond acceptors (Lipinski definition) is 7.